The van der Waals surface area contributed by atoms with E-state index in [0.29, 0.717) is 17.4 Å². The lowest BCUT2D eigenvalue weighted by atomic mass is 10.2. The van der Waals surface area contributed by atoms with E-state index in [1.807, 2.05) is 30.3 Å². The van der Waals surface area contributed by atoms with Gasteiger partial charge in [0, 0.05) is 17.3 Å². The van der Waals surface area contributed by atoms with E-state index in [-0.39, 0.29) is 0 Å². The molecule has 106 valence electrons. The van der Waals surface area contributed by atoms with Crippen molar-refractivity contribution in [2.75, 3.05) is 17.9 Å². The number of hydrazine groups is 1. The Hall–Kier alpha value is -2.93. The summed E-state index contributed by atoms with van der Waals surface area (Å²) in [5, 5.41) is 4.22. The zero-order valence-electron chi connectivity index (χ0n) is 11.4. The van der Waals surface area contributed by atoms with Crippen LogP contribution in [0.3, 0.4) is 0 Å². The van der Waals surface area contributed by atoms with Gasteiger partial charge in [0.1, 0.15) is 6.33 Å². The monoisotopic (exact) mass is 282 g/mol. The van der Waals surface area contributed by atoms with Gasteiger partial charge in [0.2, 0.25) is 5.75 Å². The molecular formula is C14H14N6O. The molecule has 7 heteroatoms. The topological polar surface area (TPSA) is 98.0 Å². The van der Waals surface area contributed by atoms with Crippen molar-refractivity contribution in [1.82, 2.24) is 15.0 Å². The average molecular weight is 282 g/mol. The van der Waals surface area contributed by atoms with E-state index < -0.39 is 0 Å². The molecule has 0 saturated heterocycles. The normalized spacial score (nSPS) is 10.4. The number of ether oxygens (including phenoxy) is 1. The van der Waals surface area contributed by atoms with Gasteiger partial charge in [0.25, 0.3) is 0 Å². The predicted molar refractivity (Wildman–Crippen MR) is 81.4 cm³/mol. The molecule has 0 amide bonds. The molecule has 4 N–H and O–H groups in total. The molecule has 3 aromatic rings. The third-order valence-corrected chi connectivity index (χ3v) is 3.04. The fourth-order valence-corrected chi connectivity index (χ4v) is 2.10. The van der Waals surface area contributed by atoms with Crippen LogP contribution in [-0.4, -0.2) is 22.1 Å². The Morgan fingerprint density at radius 3 is 2.71 bits per heavy atom. The van der Waals surface area contributed by atoms with Gasteiger partial charge in [-0.15, -0.1) is 0 Å². The van der Waals surface area contributed by atoms with Crippen LogP contribution in [0.2, 0.25) is 0 Å². The van der Waals surface area contributed by atoms with Crippen LogP contribution in [0.4, 0.5) is 17.3 Å². The first-order valence-electron chi connectivity index (χ1n) is 6.30. The molecule has 0 bridgehead atoms. The van der Waals surface area contributed by atoms with Gasteiger partial charge in [0.15, 0.2) is 11.6 Å². The zero-order valence-corrected chi connectivity index (χ0v) is 11.4. The Labute approximate surface area is 121 Å². The molecule has 0 radical (unpaired) electrons. The van der Waals surface area contributed by atoms with Crippen LogP contribution in [0.1, 0.15) is 0 Å². The number of fused-ring (bicyclic) bond motifs is 1. The Bertz CT molecular complexity index is 771. The molecule has 0 fully saturated rings. The van der Waals surface area contributed by atoms with Crippen molar-refractivity contribution in [3.05, 3.63) is 42.9 Å². The lowest BCUT2D eigenvalue weighted by Gasteiger charge is -2.13. The van der Waals surface area contributed by atoms with Gasteiger partial charge in [-0.05, 0) is 24.3 Å². The highest BCUT2D eigenvalue weighted by Gasteiger charge is 2.12. The summed E-state index contributed by atoms with van der Waals surface area (Å²) >= 11 is 0. The maximum absolute atomic E-state index is 5.42. The van der Waals surface area contributed by atoms with Gasteiger partial charge in [-0.3, -0.25) is 4.98 Å². The number of benzene rings is 1. The van der Waals surface area contributed by atoms with Crippen molar-refractivity contribution in [3.63, 3.8) is 0 Å². The summed E-state index contributed by atoms with van der Waals surface area (Å²) in [4.78, 5) is 12.5. The molecule has 2 heterocycles. The molecule has 0 spiro atoms. The van der Waals surface area contributed by atoms with E-state index in [1.54, 1.807) is 6.20 Å². The number of nitrogens with two attached hydrogens (primary N) is 1. The van der Waals surface area contributed by atoms with Gasteiger partial charge in [-0.2, -0.15) is 0 Å². The Morgan fingerprint density at radius 1 is 1.05 bits per heavy atom. The van der Waals surface area contributed by atoms with Gasteiger partial charge >= 0.3 is 0 Å². The van der Waals surface area contributed by atoms with E-state index >= 15 is 0 Å². The number of methoxy groups -OCH3 is 1. The van der Waals surface area contributed by atoms with Gasteiger partial charge in [-0.25, -0.2) is 15.8 Å². The van der Waals surface area contributed by atoms with E-state index in [1.165, 1.54) is 13.4 Å². The molecule has 0 saturated carbocycles. The van der Waals surface area contributed by atoms with Crippen LogP contribution < -0.4 is 21.3 Å². The molecule has 0 atom stereocenters. The molecular weight excluding hydrogens is 268 g/mol. The summed E-state index contributed by atoms with van der Waals surface area (Å²) in [6.45, 7) is 0. The number of hydrogen-bond acceptors (Lipinski definition) is 7. The molecule has 0 aliphatic carbocycles. The SMILES string of the molecule is COc1c(NN)ncnc1Nc1cccc2ncccc12. The molecule has 3 rings (SSSR count). The highest BCUT2D eigenvalue weighted by atomic mass is 16.5. The number of rotatable bonds is 4. The lowest BCUT2D eigenvalue weighted by Crippen LogP contribution is -2.11. The molecule has 0 aliphatic heterocycles. The maximum Gasteiger partial charge on any atom is 0.205 e. The van der Waals surface area contributed by atoms with E-state index in [2.05, 4.69) is 25.7 Å². The van der Waals surface area contributed by atoms with Crippen molar-refractivity contribution in [1.29, 1.82) is 0 Å². The summed E-state index contributed by atoms with van der Waals surface area (Å²) in [5.74, 6) is 6.80. The van der Waals surface area contributed by atoms with Crippen LogP contribution in [0.15, 0.2) is 42.9 Å². The minimum absolute atomic E-state index is 0.411. The number of nitrogens with zero attached hydrogens (tertiary/aromatic N) is 3. The fourth-order valence-electron chi connectivity index (χ4n) is 2.10. The lowest BCUT2D eigenvalue weighted by molar-refractivity contribution is 0.415. The Balaban J connectivity index is 2.07. The number of nitrogen functional groups attached to an aromatic ring is 1. The van der Waals surface area contributed by atoms with Gasteiger partial charge in [0.05, 0.1) is 12.6 Å². The summed E-state index contributed by atoms with van der Waals surface area (Å²) in [6, 6.07) is 9.69. The highest BCUT2D eigenvalue weighted by molar-refractivity contribution is 5.93. The average Bonchev–Trinajstić information content (AvgIpc) is 2.55. The fraction of sp³-hybridized carbons (Fsp3) is 0.0714. The second-order valence-electron chi connectivity index (χ2n) is 4.25. The van der Waals surface area contributed by atoms with E-state index in [4.69, 9.17) is 10.6 Å². The maximum atomic E-state index is 5.42. The summed E-state index contributed by atoms with van der Waals surface area (Å²) in [5.41, 5.74) is 4.25. The smallest absolute Gasteiger partial charge is 0.205 e. The zero-order chi connectivity index (χ0) is 14.7. The summed E-state index contributed by atoms with van der Waals surface area (Å²) in [6.07, 6.45) is 3.16. The van der Waals surface area contributed by atoms with Crippen molar-refractivity contribution in [2.24, 2.45) is 5.84 Å². The van der Waals surface area contributed by atoms with E-state index in [9.17, 15) is 0 Å². The van der Waals surface area contributed by atoms with Crippen molar-refractivity contribution in [3.8, 4) is 5.75 Å². The van der Waals surface area contributed by atoms with Crippen molar-refractivity contribution >= 4 is 28.2 Å². The number of pyridine rings is 1. The Kier molecular flexibility index (Phi) is 3.48. The third kappa shape index (κ3) is 2.41. The quantitative estimate of drug-likeness (QED) is 0.497. The van der Waals surface area contributed by atoms with Crippen LogP contribution in [0.25, 0.3) is 10.9 Å². The first-order chi connectivity index (χ1) is 10.3. The minimum Gasteiger partial charge on any atom is -0.490 e. The second kappa shape index (κ2) is 5.59. The second-order valence-corrected chi connectivity index (χ2v) is 4.25. The van der Waals surface area contributed by atoms with Crippen LogP contribution in [-0.2, 0) is 0 Å². The van der Waals surface area contributed by atoms with Crippen molar-refractivity contribution < 1.29 is 4.74 Å². The number of anilines is 3. The number of nitrogens with one attached hydrogen (secondary N) is 2. The molecule has 0 aliphatic rings. The third-order valence-electron chi connectivity index (χ3n) is 3.04. The van der Waals surface area contributed by atoms with E-state index in [0.717, 1.165) is 16.6 Å². The Morgan fingerprint density at radius 2 is 1.90 bits per heavy atom. The van der Waals surface area contributed by atoms with Gasteiger partial charge < -0.3 is 15.5 Å². The van der Waals surface area contributed by atoms with Gasteiger partial charge in [-0.1, -0.05) is 6.07 Å². The number of aromatic nitrogens is 3. The number of hydrogen-bond donors (Lipinski definition) is 3. The summed E-state index contributed by atoms with van der Waals surface area (Å²) < 4.78 is 5.31. The highest BCUT2D eigenvalue weighted by Crippen LogP contribution is 2.32. The molecule has 0 unspecified atom stereocenters. The van der Waals surface area contributed by atoms with Crippen LogP contribution >= 0.6 is 0 Å². The minimum atomic E-state index is 0.411. The summed E-state index contributed by atoms with van der Waals surface area (Å²) in [7, 11) is 1.54. The van der Waals surface area contributed by atoms with Crippen LogP contribution in [0.5, 0.6) is 5.75 Å². The largest absolute Gasteiger partial charge is 0.490 e. The predicted octanol–water partition coefficient (Wildman–Crippen LogP) is 2.06. The van der Waals surface area contributed by atoms with Crippen LogP contribution in [0, 0.1) is 0 Å². The molecule has 1 aromatic carbocycles. The molecule has 2 aromatic heterocycles. The first kappa shape index (κ1) is 13.1. The first-order valence-corrected chi connectivity index (χ1v) is 6.30. The van der Waals surface area contributed by atoms with Crippen molar-refractivity contribution in [2.45, 2.75) is 0 Å². The molecule has 21 heavy (non-hydrogen) atoms. The standard InChI is InChI=1S/C14H14N6O/c1-21-12-13(17-8-18-14(12)20-15)19-11-6-2-5-10-9(11)4-3-7-16-10/h2-8H,15H2,1H3,(H2,17,18,19,20). The molecule has 7 nitrogen and oxygen atoms in total.